The van der Waals surface area contributed by atoms with Crippen molar-refractivity contribution in [3.05, 3.63) is 35.9 Å². The van der Waals surface area contributed by atoms with Crippen LogP contribution in [0.4, 0.5) is 0 Å². The van der Waals surface area contributed by atoms with Crippen molar-refractivity contribution < 1.29 is 5.11 Å². The Hall–Kier alpha value is -0.860. The minimum atomic E-state index is -0.678. The molecule has 80 valence electrons. The lowest BCUT2D eigenvalue weighted by Crippen LogP contribution is -2.42. The summed E-state index contributed by atoms with van der Waals surface area (Å²) in [6.07, 6.45) is 4.53. The van der Waals surface area contributed by atoms with Crippen molar-refractivity contribution in [1.29, 1.82) is 0 Å². The maximum atomic E-state index is 10.8. The van der Waals surface area contributed by atoms with Crippen molar-refractivity contribution in [3.63, 3.8) is 0 Å². The molecule has 0 spiro atoms. The van der Waals surface area contributed by atoms with Gasteiger partial charge in [-0.25, -0.2) is 0 Å². The molecule has 0 amide bonds. The van der Waals surface area contributed by atoms with E-state index in [9.17, 15) is 5.11 Å². The molecule has 2 unspecified atom stereocenters. The number of nitrogens with zero attached hydrogens (tertiary/aromatic N) is 1. The van der Waals surface area contributed by atoms with Crippen molar-refractivity contribution in [1.82, 2.24) is 4.90 Å². The van der Waals surface area contributed by atoms with Crippen LogP contribution in [0.25, 0.3) is 0 Å². The van der Waals surface area contributed by atoms with Gasteiger partial charge in [-0.15, -0.1) is 0 Å². The fourth-order valence-corrected chi connectivity index (χ4v) is 3.15. The average Bonchev–Trinajstić information content (AvgIpc) is 2.85. The average molecular weight is 203 g/mol. The van der Waals surface area contributed by atoms with Gasteiger partial charge in [-0.3, -0.25) is 4.90 Å². The summed E-state index contributed by atoms with van der Waals surface area (Å²) in [5, 5.41) is 10.8. The molecule has 2 aliphatic heterocycles. The van der Waals surface area contributed by atoms with E-state index in [1.807, 2.05) is 30.3 Å². The van der Waals surface area contributed by atoms with E-state index in [0.29, 0.717) is 6.04 Å². The van der Waals surface area contributed by atoms with Gasteiger partial charge in [0.15, 0.2) is 0 Å². The highest BCUT2D eigenvalue weighted by molar-refractivity contribution is 5.24. The predicted octanol–water partition coefficient (Wildman–Crippen LogP) is 2.09. The molecule has 2 aliphatic rings. The standard InChI is InChI=1S/C13H17NO/c15-13(11-5-2-1-3-6-11)9-8-12-7-4-10-14(12)13/h1-3,5-6,12,15H,4,7-10H2. The Bertz CT molecular complexity index is 351. The maximum Gasteiger partial charge on any atom is 0.144 e. The Morgan fingerprint density at radius 1 is 1.20 bits per heavy atom. The molecule has 0 aliphatic carbocycles. The Balaban J connectivity index is 1.97. The lowest BCUT2D eigenvalue weighted by Gasteiger charge is -2.33. The molecule has 2 saturated heterocycles. The Morgan fingerprint density at radius 2 is 2.00 bits per heavy atom. The minimum Gasteiger partial charge on any atom is -0.371 e. The number of hydrogen-bond donors (Lipinski definition) is 1. The summed E-state index contributed by atoms with van der Waals surface area (Å²) in [6, 6.07) is 10.7. The molecule has 0 radical (unpaired) electrons. The zero-order chi connectivity index (χ0) is 10.3. The van der Waals surface area contributed by atoms with E-state index >= 15 is 0 Å². The van der Waals surface area contributed by atoms with E-state index in [1.165, 1.54) is 12.8 Å². The molecule has 15 heavy (non-hydrogen) atoms. The molecular formula is C13H17NO. The summed E-state index contributed by atoms with van der Waals surface area (Å²) >= 11 is 0. The molecule has 3 rings (SSSR count). The fraction of sp³-hybridized carbons (Fsp3) is 0.538. The number of aliphatic hydroxyl groups is 1. The van der Waals surface area contributed by atoms with Crippen LogP contribution in [0.1, 0.15) is 31.2 Å². The van der Waals surface area contributed by atoms with E-state index < -0.39 is 5.72 Å². The van der Waals surface area contributed by atoms with Crippen LogP contribution in [-0.2, 0) is 5.72 Å². The fourth-order valence-electron chi connectivity index (χ4n) is 3.15. The second-order valence-electron chi connectivity index (χ2n) is 4.71. The number of fused-ring (bicyclic) bond motifs is 1. The van der Waals surface area contributed by atoms with E-state index in [-0.39, 0.29) is 0 Å². The molecule has 0 saturated carbocycles. The molecule has 1 aromatic carbocycles. The zero-order valence-corrected chi connectivity index (χ0v) is 8.89. The smallest absolute Gasteiger partial charge is 0.144 e. The molecule has 2 atom stereocenters. The van der Waals surface area contributed by atoms with Gasteiger partial charge in [0.05, 0.1) is 0 Å². The topological polar surface area (TPSA) is 23.5 Å². The molecule has 2 nitrogen and oxygen atoms in total. The van der Waals surface area contributed by atoms with Gasteiger partial charge in [-0.2, -0.15) is 0 Å². The minimum absolute atomic E-state index is 0.621. The van der Waals surface area contributed by atoms with Gasteiger partial charge >= 0.3 is 0 Å². The largest absolute Gasteiger partial charge is 0.371 e. The van der Waals surface area contributed by atoms with Crippen LogP contribution in [0.3, 0.4) is 0 Å². The first-order valence-electron chi connectivity index (χ1n) is 5.85. The normalized spacial score (nSPS) is 35.7. The second kappa shape index (κ2) is 3.32. The first-order chi connectivity index (χ1) is 7.31. The molecule has 2 heterocycles. The van der Waals surface area contributed by atoms with Gasteiger partial charge in [0.1, 0.15) is 5.72 Å². The highest BCUT2D eigenvalue weighted by Crippen LogP contribution is 2.44. The van der Waals surface area contributed by atoms with Crippen LogP contribution >= 0.6 is 0 Å². The van der Waals surface area contributed by atoms with Gasteiger partial charge in [0, 0.05) is 12.6 Å². The van der Waals surface area contributed by atoms with Crippen molar-refractivity contribution in [2.24, 2.45) is 0 Å². The van der Waals surface area contributed by atoms with Gasteiger partial charge in [-0.05, 0) is 31.2 Å². The first kappa shape index (κ1) is 9.37. The first-order valence-corrected chi connectivity index (χ1v) is 5.85. The van der Waals surface area contributed by atoms with E-state index in [0.717, 1.165) is 24.9 Å². The molecule has 0 bridgehead atoms. The number of hydrogen-bond acceptors (Lipinski definition) is 2. The predicted molar refractivity (Wildman–Crippen MR) is 59.3 cm³/mol. The summed E-state index contributed by atoms with van der Waals surface area (Å²) in [5.74, 6) is 0. The molecule has 1 N–H and O–H groups in total. The van der Waals surface area contributed by atoms with Gasteiger partial charge in [0.2, 0.25) is 0 Å². The highest BCUT2D eigenvalue weighted by Gasteiger charge is 2.47. The third-order valence-electron chi connectivity index (χ3n) is 3.91. The summed E-state index contributed by atoms with van der Waals surface area (Å²) < 4.78 is 0. The zero-order valence-electron chi connectivity index (χ0n) is 8.89. The van der Waals surface area contributed by atoms with Crippen LogP contribution in [0, 0.1) is 0 Å². The van der Waals surface area contributed by atoms with E-state index in [1.54, 1.807) is 0 Å². The van der Waals surface area contributed by atoms with Gasteiger partial charge in [-0.1, -0.05) is 30.3 Å². The van der Waals surface area contributed by atoms with Crippen molar-refractivity contribution >= 4 is 0 Å². The Kier molecular flexibility index (Phi) is 2.08. The summed E-state index contributed by atoms with van der Waals surface area (Å²) in [7, 11) is 0. The van der Waals surface area contributed by atoms with Gasteiger partial charge < -0.3 is 5.11 Å². The van der Waals surface area contributed by atoms with E-state index in [4.69, 9.17) is 0 Å². The SMILES string of the molecule is OC1(c2ccccc2)CCC2CCCN21. The van der Waals surface area contributed by atoms with Crippen LogP contribution in [0.15, 0.2) is 30.3 Å². The van der Waals surface area contributed by atoms with Crippen LogP contribution < -0.4 is 0 Å². The number of rotatable bonds is 1. The summed E-state index contributed by atoms with van der Waals surface area (Å²) in [5.41, 5.74) is 0.386. The Labute approximate surface area is 90.5 Å². The Morgan fingerprint density at radius 3 is 2.80 bits per heavy atom. The molecule has 1 aromatic rings. The van der Waals surface area contributed by atoms with Crippen molar-refractivity contribution in [2.75, 3.05) is 6.54 Å². The lowest BCUT2D eigenvalue weighted by molar-refractivity contribution is -0.0893. The van der Waals surface area contributed by atoms with Crippen molar-refractivity contribution in [2.45, 2.75) is 37.5 Å². The molecule has 0 aromatic heterocycles. The van der Waals surface area contributed by atoms with Crippen LogP contribution in [0.2, 0.25) is 0 Å². The lowest BCUT2D eigenvalue weighted by atomic mass is 9.99. The number of benzene rings is 1. The maximum absolute atomic E-state index is 10.8. The monoisotopic (exact) mass is 203 g/mol. The van der Waals surface area contributed by atoms with Crippen molar-refractivity contribution in [3.8, 4) is 0 Å². The molecule has 2 heteroatoms. The second-order valence-corrected chi connectivity index (χ2v) is 4.71. The highest BCUT2D eigenvalue weighted by atomic mass is 16.3. The quantitative estimate of drug-likeness (QED) is 0.755. The van der Waals surface area contributed by atoms with Gasteiger partial charge in [0.25, 0.3) is 0 Å². The third-order valence-corrected chi connectivity index (χ3v) is 3.91. The van der Waals surface area contributed by atoms with E-state index in [2.05, 4.69) is 4.90 Å². The summed E-state index contributed by atoms with van der Waals surface area (Å²) in [4.78, 5) is 2.29. The summed E-state index contributed by atoms with van der Waals surface area (Å²) in [6.45, 7) is 1.05. The molecule has 2 fully saturated rings. The molecular weight excluding hydrogens is 186 g/mol. The third kappa shape index (κ3) is 1.32. The van der Waals surface area contributed by atoms with Crippen LogP contribution in [0.5, 0.6) is 0 Å². The van der Waals surface area contributed by atoms with Crippen LogP contribution in [-0.4, -0.2) is 22.6 Å².